The minimum atomic E-state index is -0.337. The minimum Gasteiger partial charge on any atom is -0.497 e. The number of likely N-dealkylation sites (N-methyl/N-ethyl adjacent to an activating group) is 1. The van der Waals surface area contributed by atoms with Crippen molar-refractivity contribution in [3.8, 4) is 11.5 Å². The molecule has 0 saturated heterocycles. The van der Waals surface area contributed by atoms with Crippen LogP contribution in [0.5, 0.6) is 11.5 Å². The maximum Gasteiger partial charge on any atom is 0.338 e. The number of nitrogens with one attached hydrogen (secondary N) is 2. The van der Waals surface area contributed by atoms with Gasteiger partial charge in [0.15, 0.2) is 5.11 Å². The topological polar surface area (TPSA) is 72.1 Å². The Hall–Kier alpha value is -2.84. The summed E-state index contributed by atoms with van der Waals surface area (Å²) in [5.74, 6) is 0.989. The molecule has 0 aliphatic carbocycles. The van der Waals surface area contributed by atoms with Crippen LogP contribution in [0.1, 0.15) is 24.2 Å². The van der Waals surface area contributed by atoms with Crippen molar-refractivity contribution >= 4 is 34.7 Å². The highest BCUT2D eigenvalue weighted by Crippen LogP contribution is 2.29. The number of carbonyl (C=O) groups is 1. The highest BCUT2D eigenvalue weighted by atomic mass is 32.1. The van der Waals surface area contributed by atoms with Crippen LogP contribution < -0.4 is 20.1 Å². The molecule has 0 spiro atoms. The normalized spacial score (nSPS) is 10.4. The van der Waals surface area contributed by atoms with E-state index in [9.17, 15) is 4.79 Å². The number of carbonyl (C=O) groups excluding carboxylic acids is 1. The van der Waals surface area contributed by atoms with Crippen molar-refractivity contribution in [2.45, 2.75) is 13.8 Å². The molecule has 0 fully saturated rings. The zero-order chi connectivity index (χ0) is 21.9. The van der Waals surface area contributed by atoms with Crippen molar-refractivity contribution in [3.63, 3.8) is 0 Å². The minimum absolute atomic E-state index is 0.337. The van der Waals surface area contributed by atoms with Crippen LogP contribution in [0.3, 0.4) is 0 Å². The predicted octanol–water partition coefficient (Wildman–Crippen LogP) is 4.01. The van der Waals surface area contributed by atoms with Crippen molar-refractivity contribution in [2.24, 2.45) is 0 Å². The molecule has 0 radical (unpaired) electrons. The summed E-state index contributed by atoms with van der Waals surface area (Å²) < 4.78 is 15.9. The SMILES string of the molecule is CCN(CC)CCOC(=O)c1ccc(NC(=S)Nc2cc(OC)ccc2OC)cc1. The molecule has 7 nitrogen and oxygen atoms in total. The second kappa shape index (κ2) is 12.0. The summed E-state index contributed by atoms with van der Waals surface area (Å²) in [5, 5.41) is 6.56. The van der Waals surface area contributed by atoms with Crippen molar-refractivity contribution < 1.29 is 19.0 Å². The molecule has 30 heavy (non-hydrogen) atoms. The Morgan fingerprint density at radius 2 is 1.70 bits per heavy atom. The molecule has 0 bridgehead atoms. The fourth-order valence-corrected chi connectivity index (χ4v) is 3.00. The lowest BCUT2D eigenvalue weighted by Gasteiger charge is -2.17. The Labute approximate surface area is 183 Å². The van der Waals surface area contributed by atoms with Gasteiger partial charge in [0.1, 0.15) is 18.1 Å². The first-order valence-corrected chi connectivity index (χ1v) is 10.2. The third-order valence-electron chi connectivity index (χ3n) is 4.57. The molecule has 162 valence electrons. The maximum atomic E-state index is 12.2. The Morgan fingerprint density at radius 3 is 2.30 bits per heavy atom. The van der Waals surface area contributed by atoms with Gasteiger partial charge in [0, 0.05) is 18.3 Å². The van der Waals surface area contributed by atoms with Crippen molar-refractivity contribution in [1.82, 2.24) is 4.90 Å². The molecule has 2 aromatic rings. The van der Waals surface area contributed by atoms with Crippen molar-refractivity contribution in [3.05, 3.63) is 48.0 Å². The van der Waals surface area contributed by atoms with E-state index in [4.69, 9.17) is 26.4 Å². The summed E-state index contributed by atoms with van der Waals surface area (Å²) in [6.07, 6.45) is 0. The van der Waals surface area contributed by atoms with Gasteiger partial charge in [-0.3, -0.25) is 0 Å². The molecule has 0 heterocycles. The molecular formula is C22H29N3O4S. The van der Waals surface area contributed by atoms with Crippen LogP contribution in [0.15, 0.2) is 42.5 Å². The molecular weight excluding hydrogens is 402 g/mol. The van der Waals surface area contributed by atoms with Gasteiger partial charge >= 0.3 is 5.97 Å². The summed E-state index contributed by atoms with van der Waals surface area (Å²) in [4.78, 5) is 14.4. The predicted molar refractivity (Wildman–Crippen MR) is 124 cm³/mol. The molecule has 2 rings (SSSR count). The van der Waals surface area contributed by atoms with E-state index in [2.05, 4.69) is 29.4 Å². The van der Waals surface area contributed by atoms with Gasteiger partial charge in [0.05, 0.1) is 25.5 Å². The van der Waals surface area contributed by atoms with E-state index in [0.717, 1.165) is 25.3 Å². The van der Waals surface area contributed by atoms with Gasteiger partial charge < -0.3 is 29.7 Å². The first kappa shape index (κ1) is 23.4. The van der Waals surface area contributed by atoms with E-state index in [0.29, 0.717) is 34.5 Å². The van der Waals surface area contributed by atoms with E-state index in [1.807, 2.05) is 0 Å². The summed E-state index contributed by atoms with van der Waals surface area (Å²) in [5.41, 5.74) is 1.92. The second-order valence-corrected chi connectivity index (χ2v) is 6.79. The van der Waals surface area contributed by atoms with Gasteiger partial charge in [-0.2, -0.15) is 0 Å². The fourth-order valence-electron chi connectivity index (χ4n) is 2.78. The summed E-state index contributed by atoms with van der Waals surface area (Å²) in [7, 11) is 3.18. The lowest BCUT2D eigenvalue weighted by atomic mass is 10.2. The van der Waals surface area contributed by atoms with E-state index >= 15 is 0 Å². The zero-order valence-corrected chi connectivity index (χ0v) is 18.7. The number of benzene rings is 2. The lowest BCUT2D eigenvalue weighted by Crippen LogP contribution is -2.27. The average molecular weight is 432 g/mol. The number of rotatable bonds is 10. The molecule has 0 amide bonds. The number of anilines is 2. The molecule has 0 aliphatic rings. The molecule has 0 aliphatic heterocycles. The molecule has 2 aromatic carbocycles. The number of hydrogen-bond acceptors (Lipinski definition) is 6. The first-order chi connectivity index (χ1) is 14.5. The zero-order valence-electron chi connectivity index (χ0n) is 17.9. The maximum absolute atomic E-state index is 12.2. The summed E-state index contributed by atoms with van der Waals surface area (Å²) in [6, 6.07) is 12.4. The first-order valence-electron chi connectivity index (χ1n) is 9.80. The Bertz CT molecular complexity index is 839. The van der Waals surface area contributed by atoms with Crippen LogP contribution in [0.2, 0.25) is 0 Å². The van der Waals surface area contributed by atoms with Crippen molar-refractivity contribution in [2.75, 3.05) is 51.1 Å². The quantitative estimate of drug-likeness (QED) is 0.432. The van der Waals surface area contributed by atoms with E-state index < -0.39 is 0 Å². The summed E-state index contributed by atoms with van der Waals surface area (Å²) >= 11 is 5.38. The molecule has 0 saturated carbocycles. The standard InChI is InChI=1S/C22H29N3O4S/c1-5-25(6-2)13-14-29-21(26)16-7-9-17(10-8-16)23-22(30)24-19-15-18(27-3)11-12-20(19)28-4/h7-12,15H,5-6,13-14H2,1-4H3,(H2,23,24,30). The number of methoxy groups -OCH3 is 2. The Morgan fingerprint density at radius 1 is 1.00 bits per heavy atom. The number of esters is 1. The van der Waals surface area contributed by atoms with Crippen molar-refractivity contribution in [1.29, 1.82) is 0 Å². The lowest BCUT2D eigenvalue weighted by molar-refractivity contribution is 0.0466. The molecule has 0 atom stereocenters. The molecule has 8 heteroatoms. The third-order valence-corrected chi connectivity index (χ3v) is 4.77. The van der Waals surface area contributed by atoms with Gasteiger partial charge in [0.2, 0.25) is 0 Å². The van der Waals surface area contributed by atoms with Gasteiger partial charge in [0.25, 0.3) is 0 Å². The smallest absolute Gasteiger partial charge is 0.338 e. The van der Waals surface area contributed by atoms with Crippen LogP contribution >= 0.6 is 12.2 Å². The van der Waals surface area contributed by atoms with E-state index in [-0.39, 0.29) is 5.97 Å². The number of nitrogens with zero attached hydrogens (tertiary/aromatic N) is 1. The van der Waals surface area contributed by atoms with Crippen LogP contribution in [-0.4, -0.2) is 56.4 Å². The Kier molecular flexibility index (Phi) is 9.37. The monoisotopic (exact) mass is 431 g/mol. The molecule has 0 unspecified atom stereocenters. The number of thiocarbonyl (C=S) groups is 1. The fraction of sp³-hybridized carbons (Fsp3) is 0.364. The average Bonchev–Trinajstić information content (AvgIpc) is 2.77. The van der Waals surface area contributed by atoms with Gasteiger partial charge in [-0.15, -0.1) is 0 Å². The van der Waals surface area contributed by atoms with Crippen LogP contribution in [0, 0.1) is 0 Å². The number of ether oxygens (including phenoxy) is 3. The van der Waals surface area contributed by atoms with Gasteiger partial charge in [-0.05, 0) is 61.7 Å². The largest absolute Gasteiger partial charge is 0.497 e. The van der Waals surface area contributed by atoms with E-state index in [1.54, 1.807) is 56.7 Å². The highest BCUT2D eigenvalue weighted by molar-refractivity contribution is 7.80. The van der Waals surface area contributed by atoms with Crippen LogP contribution in [0.25, 0.3) is 0 Å². The Balaban J connectivity index is 1.91. The second-order valence-electron chi connectivity index (χ2n) is 6.39. The van der Waals surface area contributed by atoms with E-state index in [1.165, 1.54) is 0 Å². The van der Waals surface area contributed by atoms with Gasteiger partial charge in [-0.25, -0.2) is 4.79 Å². The highest BCUT2D eigenvalue weighted by Gasteiger charge is 2.10. The van der Waals surface area contributed by atoms with Crippen LogP contribution in [0.4, 0.5) is 11.4 Å². The molecule has 2 N–H and O–H groups in total. The molecule has 0 aromatic heterocycles. The third kappa shape index (κ3) is 6.89. The van der Waals surface area contributed by atoms with Gasteiger partial charge in [-0.1, -0.05) is 13.8 Å². The number of hydrogen-bond donors (Lipinski definition) is 2. The van der Waals surface area contributed by atoms with Crippen LogP contribution in [-0.2, 0) is 4.74 Å². The summed E-state index contributed by atoms with van der Waals surface area (Å²) in [6.45, 7) is 7.14.